The Morgan fingerprint density at radius 2 is 1.07 bits per heavy atom. The van der Waals surface area contributed by atoms with E-state index in [4.69, 9.17) is 0 Å². The molecule has 0 radical (unpaired) electrons. The van der Waals surface area contributed by atoms with Crippen molar-refractivity contribution in [1.82, 2.24) is 0 Å². The highest BCUT2D eigenvalue weighted by Gasteiger charge is 2.36. The molecule has 2 nitrogen and oxygen atoms in total. The topological polar surface area (TPSA) is 34.1 Å². The molecule has 0 aliphatic heterocycles. The van der Waals surface area contributed by atoms with Crippen LogP contribution in [0, 0.1) is 0 Å². The highest BCUT2D eigenvalue weighted by Crippen LogP contribution is 2.47. The zero-order chi connectivity index (χ0) is 20.3. The van der Waals surface area contributed by atoms with Crippen LogP contribution in [0.25, 0.3) is 0 Å². The van der Waals surface area contributed by atoms with E-state index in [0.717, 1.165) is 11.1 Å². The van der Waals surface area contributed by atoms with Crippen LogP contribution in [0.5, 0.6) is 0 Å². The first kappa shape index (κ1) is 20.3. The van der Waals surface area contributed by atoms with Crippen LogP contribution in [0.2, 0.25) is 0 Å². The monoisotopic (exact) mass is 390 g/mol. The molecule has 3 aromatic rings. The van der Waals surface area contributed by atoms with E-state index in [0.29, 0.717) is 28.0 Å². The van der Waals surface area contributed by atoms with Crippen LogP contribution in [0.4, 0.5) is 0 Å². The maximum absolute atomic E-state index is 14.3. The summed E-state index contributed by atoms with van der Waals surface area (Å²) in [5, 5.41) is 1.16. The average molecular weight is 390 g/mol. The number of hydrogen-bond acceptors (Lipinski definition) is 2. The SMILES string of the molecule is CC(C)c1ccc(C(=O)P(=O)(c2ccccc2)c2ccc(C(C)C)cc2)cc1. The van der Waals surface area contributed by atoms with E-state index >= 15 is 0 Å². The predicted molar refractivity (Wildman–Crippen MR) is 119 cm³/mol. The standard InChI is InChI=1S/C25H27O2P/c1-18(2)20-10-12-22(13-11-20)25(26)28(27,23-8-6-5-7-9-23)24-16-14-21(15-17-24)19(3)4/h5-19H,1-4H3. The lowest BCUT2D eigenvalue weighted by atomic mass is 10.0. The first-order chi connectivity index (χ1) is 13.3. The number of hydrogen-bond donors (Lipinski definition) is 0. The third-order valence-electron chi connectivity index (χ3n) is 5.15. The number of carbonyl (C=O) groups excluding carboxylic acids is 1. The van der Waals surface area contributed by atoms with Crippen LogP contribution in [0.3, 0.4) is 0 Å². The molecule has 0 aliphatic carbocycles. The maximum atomic E-state index is 14.3. The second kappa shape index (κ2) is 8.29. The van der Waals surface area contributed by atoms with Gasteiger partial charge in [0.2, 0.25) is 12.7 Å². The molecular formula is C25H27O2P. The van der Waals surface area contributed by atoms with Crippen LogP contribution in [0.1, 0.15) is 61.0 Å². The molecule has 28 heavy (non-hydrogen) atoms. The molecule has 0 aliphatic rings. The molecule has 1 atom stereocenters. The van der Waals surface area contributed by atoms with Crippen molar-refractivity contribution in [3.63, 3.8) is 0 Å². The summed E-state index contributed by atoms with van der Waals surface area (Å²) in [4.78, 5) is 13.5. The fourth-order valence-corrected chi connectivity index (χ4v) is 5.72. The highest BCUT2D eigenvalue weighted by atomic mass is 31.2. The second-order valence-corrected chi connectivity index (χ2v) is 10.4. The summed E-state index contributed by atoms with van der Waals surface area (Å²) in [6.07, 6.45) is 0. The zero-order valence-electron chi connectivity index (χ0n) is 16.9. The lowest BCUT2D eigenvalue weighted by Gasteiger charge is -2.19. The average Bonchev–Trinajstić information content (AvgIpc) is 2.73. The molecule has 0 bridgehead atoms. The van der Waals surface area contributed by atoms with Crippen LogP contribution >= 0.6 is 7.14 Å². The second-order valence-electron chi connectivity index (χ2n) is 7.77. The molecule has 0 spiro atoms. The van der Waals surface area contributed by atoms with Crippen molar-refractivity contribution in [1.29, 1.82) is 0 Å². The molecule has 3 heteroatoms. The Morgan fingerprint density at radius 1 is 0.643 bits per heavy atom. The third kappa shape index (κ3) is 3.88. The Balaban J connectivity index is 2.11. The third-order valence-corrected chi connectivity index (χ3v) is 8.03. The molecule has 0 saturated heterocycles. The Morgan fingerprint density at radius 3 is 1.54 bits per heavy atom. The molecule has 0 heterocycles. The van der Waals surface area contributed by atoms with Gasteiger partial charge in [0.15, 0.2) is 0 Å². The number of carbonyl (C=O) groups is 1. The van der Waals surface area contributed by atoms with Crippen LogP contribution < -0.4 is 10.6 Å². The van der Waals surface area contributed by atoms with Gasteiger partial charge in [0, 0.05) is 16.2 Å². The lowest BCUT2D eigenvalue weighted by Crippen LogP contribution is -2.23. The Labute approximate surface area is 168 Å². The summed E-state index contributed by atoms with van der Waals surface area (Å²) in [5.41, 5.74) is 2.50. The summed E-state index contributed by atoms with van der Waals surface area (Å²) in [6.45, 7) is 8.46. The van der Waals surface area contributed by atoms with Crippen molar-refractivity contribution in [3.8, 4) is 0 Å². The van der Waals surface area contributed by atoms with Crippen molar-refractivity contribution >= 4 is 23.3 Å². The van der Waals surface area contributed by atoms with Crippen LogP contribution in [0.15, 0.2) is 78.9 Å². The fourth-order valence-electron chi connectivity index (χ4n) is 3.28. The fraction of sp³-hybridized carbons (Fsp3) is 0.240. The van der Waals surface area contributed by atoms with E-state index < -0.39 is 7.14 Å². The van der Waals surface area contributed by atoms with Crippen molar-refractivity contribution in [3.05, 3.63) is 95.6 Å². The Bertz CT molecular complexity index is 985. The quantitative estimate of drug-likeness (QED) is 0.478. The van der Waals surface area contributed by atoms with Gasteiger partial charge in [0.25, 0.3) is 0 Å². The summed E-state index contributed by atoms with van der Waals surface area (Å²) in [5.74, 6) is 0.762. The molecule has 0 amide bonds. The van der Waals surface area contributed by atoms with Gasteiger partial charge in [-0.25, -0.2) is 0 Å². The van der Waals surface area contributed by atoms with Gasteiger partial charge in [-0.3, -0.25) is 4.79 Å². The molecule has 3 aromatic carbocycles. The van der Waals surface area contributed by atoms with E-state index in [2.05, 4.69) is 27.7 Å². The van der Waals surface area contributed by atoms with Crippen molar-refractivity contribution in [2.45, 2.75) is 39.5 Å². The van der Waals surface area contributed by atoms with Gasteiger partial charge in [-0.1, -0.05) is 107 Å². The highest BCUT2D eigenvalue weighted by molar-refractivity contribution is 7.93. The van der Waals surface area contributed by atoms with Gasteiger partial charge in [0.05, 0.1) is 0 Å². The minimum Gasteiger partial charge on any atom is -0.305 e. The van der Waals surface area contributed by atoms with E-state index in [1.807, 2.05) is 54.6 Å². The number of rotatable bonds is 6. The first-order valence-corrected chi connectivity index (χ1v) is 11.5. The van der Waals surface area contributed by atoms with E-state index in [1.54, 1.807) is 24.3 Å². The molecule has 0 N–H and O–H groups in total. The molecule has 0 fully saturated rings. The van der Waals surface area contributed by atoms with Crippen molar-refractivity contribution in [2.75, 3.05) is 0 Å². The molecule has 144 valence electrons. The largest absolute Gasteiger partial charge is 0.305 e. The summed E-state index contributed by atoms with van der Waals surface area (Å²) in [7, 11) is -3.46. The molecule has 1 unspecified atom stereocenters. The van der Waals surface area contributed by atoms with Crippen LogP contribution in [-0.4, -0.2) is 5.52 Å². The molecule has 0 aromatic heterocycles. The zero-order valence-corrected chi connectivity index (χ0v) is 17.8. The maximum Gasteiger partial charge on any atom is 0.230 e. The van der Waals surface area contributed by atoms with Crippen LogP contribution in [-0.2, 0) is 4.57 Å². The summed E-state index contributed by atoms with van der Waals surface area (Å²) in [6, 6.07) is 24.3. The van der Waals surface area contributed by atoms with E-state index in [1.165, 1.54) is 0 Å². The van der Waals surface area contributed by atoms with Gasteiger partial charge < -0.3 is 4.57 Å². The van der Waals surface area contributed by atoms with Gasteiger partial charge in [-0.05, 0) is 23.0 Å². The smallest absolute Gasteiger partial charge is 0.230 e. The minimum absolute atomic E-state index is 0.314. The Kier molecular flexibility index (Phi) is 6.01. The molecular weight excluding hydrogens is 363 g/mol. The van der Waals surface area contributed by atoms with Crippen molar-refractivity contribution in [2.24, 2.45) is 0 Å². The van der Waals surface area contributed by atoms with E-state index in [-0.39, 0.29) is 5.52 Å². The van der Waals surface area contributed by atoms with Gasteiger partial charge in [-0.15, -0.1) is 0 Å². The molecule has 3 rings (SSSR count). The van der Waals surface area contributed by atoms with Gasteiger partial charge in [0.1, 0.15) is 0 Å². The van der Waals surface area contributed by atoms with Gasteiger partial charge >= 0.3 is 0 Å². The minimum atomic E-state index is -3.46. The van der Waals surface area contributed by atoms with Crippen molar-refractivity contribution < 1.29 is 9.36 Å². The van der Waals surface area contributed by atoms with Gasteiger partial charge in [-0.2, -0.15) is 0 Å². The summed E-state index contributed by atoms with van der Waals surface area (Å²) < 4.78 is 14.3. The summed E-state index contributed by atoms with van der Waals surface area (Å²) >= 11 is 0. The first-order valence-electron chi connectivity index (χ1n) is 9.75. The predicted octanol–water partition coefficient (Wildman–Crippen LogP) is 6.09. The Hall–Kier alpha value is -2.44. The number of benzene rings is 3. The lowest BCUT2D eigenvalue weighted by molar-refractivity contribution is 0.107. The van der Waals surface area contributed by atoms with E-state index in [9.17, 15) is 9.36 Å². The normalized spacial score (nSPS) is 13.5. The molecule has 0 saturated carbocycles.